The largest absolute Gasteiger partial charge is 0.467 e. The second-order valence-corrected chi connectivity index (χ2v) is 8.14. The Kier molecular flexibility index (Phi) is 4.77. The Morgan fingerprint density at radius 1 is 1.07 bits per heavy atom. The van der Waals surface area contributed by atoms with E-state index in [1.54, 1.807) is 36.4 Å². The molecule has 0 aliphatic heterocycles. The van der Waals surface area contributed by atoms with Gasteiger partial charge in [-0.1, -0.05) is 39.0 Å². The zero-order valence-electron chi connectivity index (χ0n) is 17.0. The van der Waals surface area contributed by atoms with Crippen molar-refractivity contribution in [3.63, 3.8) is 0 Å². The molecule has 3 heterocycles. The molecule has 4 rings (SSSR count). The van der Waals surface area contributed by atoms with E-state index in [0.717, 1.165) is 4.57 Å². The summed E-state index contributed by atoms with van der Waals surface area (Å²) in [6, 6.07) is 12.4. The maximum atomic E-state index is 13.3. The Balaban J connectivity index is 1.99. The van der Waals surface area contributed by atoms with Gasteiger partial charge in [-0.25, -0.2) is 14.3 Å². The predicted molar refractivity (Wildman–Crippen MR) is 112 cm³/mol. The van der Waals surface area contributed by atoms with E-state index in [4.69, 9.17) is 4.42 Å². The number of carbonyl (C=O) groups is 1. The quantitative estimate of drug-likeness (QED) is 0.508. The number of hydrogen-bond donors (Lipinski definition) is 0. The van der Waals surface area contributed by atoms with Crippen LogP contribution in [0.4, 0.5) is 0 Å². The monoisotopic (exact) mass is 406 g/mol. The van der Waals surface area contributed by atoms with Gasteiger partial charge < -0.3 is 8.98 Å². The van der Waals surface area contributed by atoms with E-state index in [0.29, 0.717) is 11.4 Å². The van der Waals surface area contributed by atoms with Gasteiger partial charge in [0.05, 0.1) is 31.4 Å². The van der Waals surface area contributed by atoms with E-state index in [1.165, 1.54) is 21.7 Å². The molecule has 8 nitrogen and oxygen atoms in total. The van der Waals surface area contributed by atoms with Crippen LogP contribution in [0.15, 0.2) is 69.1 Å². The van der Waals surface area contributed by atoms with Crippen molar-refractivity contribution in [3.05, 3.63) is 81.7 Å². The second kappa shape index (κ2) is 7.29. The van der Waals surface area contributed by atoms with Crippen LogP contribution in [-0.4, -0.2) is 24.5 Å². The molecule has 0 aliphatic rings. The first-order valence-corrected chi connectivity index (χ1v) is 9.59. The van der Waals surface area contributed by atoms with Crippen molar-refractivity contribution in [1.82, 2.24) is 18.7 Å². The van der Waals surface area contributed by atoms with Gasteiger partial charge in [-0.3, -0.25) is 14.2 Å². The average molecular weight is 406 g/mol. The lowest BCUT2D eigenvalue weighted by molar-refractivity contribution is -0.126. The molecule has 0 saturated carbocycles. The summed E-state index contributed by atoms with van der Waals surface area (Å²) in [6.07, 6.45) is 2.92. The number of hydrogen-bond acceptors (Lipinski definition) is 5. The number of aromatic nitrogens is 4. The average Bonchev–Trinajstić information content (AvgIpc) is 3.36. The maximum Gasteiger partial charge on any atom is 0.337 e. The molecule has 1 aromatic carbocycles. The van der Waals surface area contributed by atoms with Crippen LogP contribution in [0.3, 0.4) is 0 Å². The van der Waals surface area contributed by atoms with Crippen molar-refractivity contribution in [2.45, 2.75) is 33.9 Å². The van der Waals surface area contributed by atoms with Gasteiger partial charge in [-0.2, -0.15) is 0 Å². The highest BCUT2D eigenvalue weighted by molar-refractivity contribution is 5.85. The highest BCUT2D eigenvalue weighted by Crippen LogP contribution is 2.18. The number of furan rings is 1. The number of Topliss-reactive ketones (excluding diaryl/α,β-unsaturated/α-hetero) is 1. The van der Waals surface area contributed by atoms with Crippen LogP contribution in [0.25, 0.3) is 16.9 Å². The Hall–Kier alpha value is -3.68. The van der Waals surface area contributed by atoms with E-state index in [2.05, 4.69) is 4.98 Å². The molecule has 0 N–H and O–H groups in total. The summed E-state index contributed by atoms with van der Waals surface area (Å²) in [4.78, 5) is 43.5. The summed E-state index contributed by atoms with van der Waals surface area (Å²) in [6.45, 7) is 5.44. The molecular formula is C22H22N4O4. The predicted octanol–water partition coefficient (Wildman–Crippen LogP) is 2.61. The van der Waals surface area contributed by atoms with Crippen molar-refractivity contribution in [2.24, 2.45) is 5.41 Å². The number of imidazole rings is 1. The molecule has 0 radical (unpaired) electrons. The van der Waals surface area contributed by atoms with Gasteiger partial charge in [0.15, 0.2) is 16.9 Å². The molecule has 0 saturated heterocycles. The molecular weight excluding hydrogens is 384 g/mol. The van der Waals surface area contributed by atoms with E-state index in [9.17, 15) is 14.4 Å². The Morgan fingerprint density at radius 3 is 2.43 bits per heavy atom. The third kappa shape index (κ3) is 3.41. The summed E-state index contributed by atoms with van der Waals surface area (Å²) >= 11 is 0. The maximum absolute atomic E-state index is 13.3. The first kappa shape index (κ1) is 19.6. The number of nitrogens with zero attached hydrogens (tertiary/aromatic N) is 4. The fourth-order valence-corrected chi connectivity index (χ4v) is 3.20. The van der Waals surface area contributed by atoms with Crippen LogP contribution in [0.1, 0.15) is 26.5 Å². The Labute approximate surface area is 172 Å². The van der Waals surface area contributed by atoms with Crippen molar-refractivity contribution in [2.75, 3.05) is 0 Å². The Bertz CT molecular complexity index is 1320. The topological polar surface area (TPSA) is 92.0 Å². The van der Waals surface area contributed by atoms with Crippen molar-refractivity contribution in [1.29, 1.82) is 0 Å². The first-order valence-electron chi connectivity index (χ1n) is 9.59. The minimum absolute atomic E-state index is 0.0109. The molecule has 0 spiro atoms. The van der Waals surface area contributed by atoms with Crippen LogP contribution in [0.2, 0.25) is 0 Å². The van der Waals surface area contributed by atoms with Gasteiger partial charge in [-0.05, 0) is 24.3 Å². The van der Waals surface area contributed by atoms with Crippen LogP contribution in [0, 0.1) is 5.41 Å². The minimum atomic E-state index is -0.572. The zero-order valence-corrected chi connectivity index (χ0v) is 17.0. The molecule has 154 valence electrons. The molecule has 0 amide bonds. The van der Waals surface area contributed by atoms with Gasteiger partial charge in [0.25, 0.3) is 5.56 Å². The molecule has 0 aliphatic carbocycles. The number of rotatable bonds is 5. The van der Waals surface area contributed by atoms with Gasteiger partial charge in [0.1, 0.15) is 5.76 Å². The van der Waals surface area contributed by atoms with Gasteiger partial charge in [0, 0.05) is 5.41 Å². The van der Waals surface area contributed by atoms with E-state index >= 15 is 0 Å². The zero-order chi connectivity index (χ0) is 21.5. The highest BCUT2D eigenvalue weighted by Gasteiger charge is 2.25. The molecule has 30 heavy (non-hydrogen) atoms. The summed E-state index contributed by atoms with van der Waals surface area (Å²) in [7, 11) is 0. The van der Waals surface area contributed by atoms with Gasteiger partial charge >= 0.3 is 5.69 Å². The normalized spacial score (nSPS) is 11.8. The molecule has 3 aromatic heterocycles. The second-order valence-electron chi connectivity index (χ2n) is 8.14. The number of ketones is 1. The van der Waals surface area contributed by atoms with E-state index in [1.807, 2.05) is 26.8 Å². The lowest BCUT2D eigenvalue weighted by Gasteiger charge is -2.17. The van der Waals surface area contributed by atoms with Crippen LogP contribution >= 0.6 is 0 Å². The van der Waals surface area contributed by atoms with Gasteiger partial charge in [0.2, 0.25) is 0 Å². The molecule has 8 heteroatoms. The first-order chi connectivity index (χ1) is 14.3. The fourth-order valence-electron chi connectivity index (χ4n) is 3.20. The number of benzene rings is 1. The lowest BCUT2D eigenvalue weighted by atomic mass is 9.91. The number of carbonyl (C=O) groups excluding carboxylic acids is 1. The Morgan fingerprint density at radius 2 is 1.80 bits per heavy atom. The highest BCUT2D eigenvalue weighted by atomic mass is 16.3. The lowest BCUT2D eigenvalue weighted by Crippen LogP contribution is -2.40. The third-order valence-electron chi connectivity index (χ3n) is 4.96. The molecule has 0 unspecified atom stereocenters. The molecule has 4 aromatic rings. The van der Waals surface area contributed by atoms with Crippen LogP contribution in [0.5, 0.6) is 0 Å². The number of fused-ring (bicyclic) bond motifs is 1. The smallest absolute Gasteiger partial charge is 0.337 e. The van der Waals surface area contributed by atoms with Crippen molar-refractivity contribution >= 4 is 16.9 Å². The minimum Gasteiger partial charge on any atom is -0.467 e. The standard InChI is InChI=1S/C22H22N4O4/c1-22(2,3)17(27)13-24-14-23-19-18(24)20(28)25(12-16-10-7-11-30-16)21(29)26(19)15-8-5-4-6-9-15/h4-11,14H,12-13H2,1-3H3. The van der Waals surface area contributed by atoms with Crippen molar-refractivity contribution < 1.29 is 9.21 Å². The molecule has 0 atom stereocenters. The summed E-state index contributed by atoms with van der Waals surface area (Å²) in [5.74, 6) is 0.432. The van der Waals surface area contributed by atoms with Gasteiger partial charge in [-0.15, -0.1) is 0 Å². The van der Waals surface area contributed by atoms with Crippen LogP contribution in [-0.2, 0) is 17.9 Å². The fraction of sp³-hybridized carbons (Fsp3) is 0.273. The van der Waals surface area contributed by atoms with E-state index < -0.39 is 16.7 Å². The van der Waals surface area contributed by atoms with E-state index in [-0.39, 0.29) is 30.0 Å². The number of para-hydroxylation sites is 1. The SMILES string of the molecule is CC(C)(C)C(=O)Cn1cnc2c1c(=O)n(Cc1ccco1)c(=O)n2-c1ccccc1. The summed E-state index contributed by atoms with van der Waals surface area (Å²) in [5.41, 5.74) is -0.623. The summed E-state index contributed by atoms with van der Waals surface area (Å²) in [5, 5.41) is 0. The van der Waals surface area contributed by atoms with Crippen molar-refractivity contribution in [3.8, 4) is 5.69 Å². The molecule has 0 bridgehead atoms. The third-order valence-corrected chi connectivity index (χ3v) is 4.96. The van der Waals surface area contributed by atoms with Crippen LogP contribution < -0.4 is 11.2 Å². The molecule has 0 fully saturated rings. The summed E-state index contributed by atoms with van der Waals surface area (Å²) < 4.78 is 9.35.